The highest BCUT2D eigenvalue weighted by Gasteiger charge is 2.14. The zero-order valence-electron chi connectivity index (χ0n) is 11.0. The van der Waals surface area contributed by atoms with Crippen LogP contribution < -0.4 is 14.2 Å². The van der Waals surface area contributed by atoms with Gasteiger partial charge in [-0.1, -0.05) is 12.1 Å². The van der Waals surface area contributed by atoms with Gasteiger partial charge in [-0.05, 0) is 35.2 Å². The first-order valence-corrected chi connectivity index (χ1v) is 8.65. The second-order valence-corrected chi connectivity index (χ2v) is 7.00. The minimum absolute atomic E-state index is 0.202. The van der Waals surface area contributed by atoms with Gasteiger partial charge in [0.1, 0.15) is 0 Å². The van der Waals surface area contributed by atoms with Gasteiger partial charge in [0.15, 0.2) is 11.5 Å². The number of hydrogen-bond donors (Lipinski definition) is 1. The quantitative estimate of drug-likeness (QED) is 0.918. The van der Waals surface area contributed by atoms with Gasteiger partial charge in [0, 0.05) is 16.8 Å². The van der Waals surface area contributed by atoms with E-state index in [2.05, 4.69) is 4.72 Å². The van der Waals surface area contributed by atoms with Crippen LogP contribution in [-0.4, -0.2) is 15.2 Å². The highest BCUT2D eigenvalue weighted by molar-refractivity contribution is 7.92. The number of rotatable bonds is 5. The lowest BCUT2D eigenvalue weighted by Gasteiger charge is -2.04. The summed E-state index contributed by atoms with van der Waals surface area (Å²) in [6.07, 6.45) is 1.58. The molecule has 7 heteroatoms. The number of fused-ring (bicyclic) bond motifs is 1. The molecule has 21 heavy (non-hydrogen) atoms. The van der Waals surface area contributed by atoms with Crippen LogP contribution in [0.1, 0.15) is 10.4 Å². The van der Waals surface area contributed by atoms with E-state index in [1.54, 1.807) is 24.3 Å². The predicted molar refractivity (Wildman–Crippen MR) is 81.7 cm³/mol. The molecule has 0 radical (unpaired) electrons. The molecule has 0 unspecified atom stereocenters. The fourth-order valence-electron chi connectivity index (χ4n) is 1.83. The number of sulfonamides is 1. The van der Waals surface area contributed by atoms with Crippen LogP contribution in [0.25, 0.3) is 6.08 Å². The van der Waals surface area contributed by atoms with Crippen LogP contribution in [0.15, 0.2) is 41.1 Å². The molecule has 110 valence electrons. The second kappa shape index (κ2) is 5.88. The van der Waals surface area contributed by atoms with Crippen molar-refractivity contribution < 1.29 is 17.9 Å². The Labute approximate surface area is 126 Å². The third-order valence-corrected chi connectivity index (χ3v) is 4.75. The molecular formula is C14H13NO4S2. The normalized spacial score (nSPS) is 13.9. The number of benzene rings is 1. The molecule has 2 heterocycles. The molecule has 0 bridgehead atoms. The van der Waals surface area contributed by atoms with Crippen LogP contribution in [0.2, 0.25) is 0 Å². The Morgan fingerprint density at radius 2 is 2.10 bits per heavy atom. The van der Waals surface area contributed by atoms with Crippen molar-refractivity contribution in [1.29, 1.82) is 0 Å². The summed E-state index contributed by atoms with van der Waals surface area (Å²) in [7, 11) is -3.47. The van der Waals surface area contributed by atoms with Crippen molar-refractivity contribution in [2.45, 2.75) is 6.54 Å². The number of thiophene rings is 1. The molecule has 0 saturated heterocycles. The SMILES string of the molecule is O=S(=O)(/C=C/c1cccs1)NCc1ccc2c(c1)OCO2. The molecule has 0 atom stereocenters. The van der Waals surface area contributed by atoms with Crippen molar-refractivity contribution in [3.05, 3.63) is 51.6 Å². The molecule has 1 N–H and O–H groups in total. The maximum atomic E-state index is 11.9. The van der Waals surface area contributed by atoms with Gasteiger partial charge in [-0.25, -0.2) is 13.1 Å². The van der Waals surface area contributed by atoms with E-state index in [1.807, 2.05) is 17.5 Å². The molecule has 5 nitrogen and oxygen atoms in total. The Morgan fingerprint density at radius 1 is 1.24 bits per heavy atom. The maximum Gasteiger partial charge on any atom is 0.234 e. The lowest BCUT2D eigenvalue weighted by Crippen LogP contribution is -2.20. The number of ether oxygens (including phenoxy) is 2. The largest absolute Gasteiger partial charge is 0.454 e. The van der Waals surface area contributed by atoms with Gasteiger partial charge in [0.2, 0.25) is 16.8 Å². The summed E-state index contributed by atoms with van der Waals surface area (Å²) in [5.41, 5.74) is 0.812. The zero-order valence-corrected chi connectivity index (χ0v) is 12.6. The first-order chi connectivity index (χ1) is 10.1. The van der Waals surface area contributed by atoms with E-state index in [9.17, 15) is 8.42 Å². The molecule has 0 amide bonds. The van der Waals surface area contributed by atoms with Crippen LogP contribution in [0.3, 0.4) is 0 Å². The van der Waals surface area contributed by atoms with Gasteiger partial charge in [-0.2, -0.15) is 0 Å². The Hall–Kier alpha value is -1.83. The Bertz CT molecular complexity index is 751. The van der Waals surface area contributed by atoms with Crippen molar-refractivity contribution in [2.75, 3.05) is 6.79 Å². The Balaban J connectivity index is 1.64. The number of hydrogen-bond acceptors (Lipinski definition) is 5. The lowest BCUT2D eigenvalue weighted by molar-refractivity contribution is 0.174. The smallest absolute Gasteiger partial charge is 0.234 e. The average molecular weight is 323 g/mol. The average Bonchev–Trinajstić information content (AvgIpc) is 3.13. The minimum atomic E-state index is -3.47. The van der Waals surface area contributed by atoms with E-state index in [1.165, 1.54) is 16.7 Å². The molecular weight excluding hydrogens is 310 g/mol. The second-order valence-electron chi connectivity index (χ2n) is 4.37. The summed E-state index contributed by atoms with van der Waals surface area (Å²) in [5, 5.41) is 3.07. The Morgan fingerprint density at radius 3 is 2.90 bits per heavy atom. The standard InChI is InChI=1S/C14H13NO4S2/c16-21(17,7-5-12-2-1-6-20-12)15-9-11-3-4-13-14(8-11)19-10-18-13/h1-8,15H,9-10H2/b7-5+. The van der Waals surface area contributed by atoms with Crippen molar-refractivity contribution >= 4 is 27.4 Å². The summed E-state index contributed by atoms with van der Waals surface area (Å²) in [5.74, 6) is 1.32. The summed E-state index contributed by atoms with van der Waals surface area (Å²) < 4.78 is 36.8. The first-order valence-electron chi connectivity index (χ1n) is 6.22. The van der Waals surface area contributed by atoms with Gasteiger partial charge in [0.05, 0.1) is 0 Å². The van der Waals surface area contributed by atoms with Crippen LogP contribution in [0, 0.1) is 0 Å². The van der Waals surface area contributed by atoms with Crippen molar-refractivity contribution in [2.24, 2.45) is 0 Å². The molecule has 1 aliphatic rings. The number of nitrogens with one attached hydrogen (secondary N) is 1. The van der Waals surface area contributed by atoms with E-state index in [4.69, 9.17) is 9.47 Å². The van der Waals surface area contributed by atoms with Gasteiger partial charge < -0.3 is 9.47 Å². The van der Waals surface area contributed by atoms with E-state index < -0.39 is 10.0 Å². The van der Waals surface area contributed by atoms with Crippen LogP contribution in [-0.2, 0) is 16.6 Å². The summed E-state index contributed by atoms with van der Waals surface area (Å²) in [6.45, 7) is 0.405. The minimum Gasteiger partial charge on any atom is -0.454 e. The zero-order chi connectivity index (χ0) is 14.7. The Kier molecular flexibility index (Phi) is 3.96. The highest BCUT2D eigenvalue weighted by Crippen LogP contribution is 2.32. The van der Waals surface area contributed by atoms with Gasteiger partial charge in [0.25, 0.3) is 0 Å². The van der Waals surface area contributed by atoms with Crippen molar-refractivity contribution in [3.63, 3.8) is 0 Å². The fourth-order valence-corrected chi connectivity index (χ4v) is 3.32. The predicted octanol–water partition coefficient (Wildman–Crippen LogP) is 2.57. The molecule has 0 aliphatic carbocycles. The van der Waals surface area contributed by atoms with E-state index >= 15 is 0 Å². The molecule has 1 aliphatic heterocycles. The van der Waals surface area contributed by atoms with Crippen LogP contribution >= 0.6 is 11.3 Å². The van der Waals surface area contributed by atoms with Crippen LogP contribution in [0.5, 0.6) is 11.5 Å². The van der Waals surface area contributed by atoms with Gasteiger partial charge in [-0.3, -0.25) is 0 Å². The maximum absolute atomic E-state index is 11.9. The first kappa shape index (κ1) is 14.1. The van der Waals surface area contributed by atoms with Crippen molar-refractivity contribution in [1.82, 2.24) is 4.72 Å². The van der Waals surface area contributed by atoms with E-state index in [0.717, 1.165) is 10.4 Å². The molecule has 3 rings (SSSR count). The van der Waals surface area contributed by atoms with Crippen molar-refractivity contribution in [3.8, 4) is 11.5 Å². The third kappa shape index (κ3) is 3.63. The fraction of sp³-hybridized carbons (Fsp3) is 0.143. The molecule has 0 spiro atoms. The molecule has 0 fully saturated rings. The van der Waals surface area contributed by atoms with Crippen LogP contribution in [0.4, 0.5) is 0 Å². The highest BCUT2D eigenvalue weighted by atomic mass is 32.2. The molecule has 0 saturated carbocycles. The third-order valence-electron chi connectivity index (χ3n) is 2.87. The lowest BCUT2D eigenvalue weighted by atomic mass is 10.2. The summed E-state index contributed by atoms with van der Waals surface area (Å²) in [4.78, 5) is 0.892. The monoisotopic (exact) mass is 323 g/mol. The topological polar surface area (TPSA) is 64.6 Å². The molecule has 1 aromatic heterocycles. The van der Waals surface area contributed by atoms with E-state index in [-0.39, 0.29) is 13.3 Å². The van der Waals surface area contributed by atoms with E-state index in [0.29, 0.717) is 11.5 Å². The molecule has 2 aromatic rings. The summed E-state index contributed by atoms with van der Waals surface area (Å²) >= 11 is 1.48. The summed E-state index contributed by atoms with van der Waals surface area (Å²) in [6, 6.07) is 9.08. The van der Waals surface area contributed by atoms with Gasteiger partial charge in [-0.15, -0.1) is 11.3 Å². The molecule has 1 aromatic carbocycles. The van der Waals surface area contributed by atoms with Gasteiger partial charge >= 0.3 is 0 Å².